The molecule has 4 rings (SSSR count). The molecule has 38 heavy (non-hydrogen) atoms. The number of amides is 1. The number of benzene rings is 1. The van der Waals surface area contributed by atoms with Crippen LogP contribution < -0.4 is 9.47 Å². The average Bonchev–Trinajstić information content (AvgIpc) is 3.46. The van der Waals surface area contributed by atoms with E-state index in [4.69, 9.17) is 25.8 Å². The summed E-state index contributed by atoms with van der Waals surface area (Å²) in [5.74, 6) is 0.804. The van der Waals surface area contributed by atoms with Gasteiger partial charge in [0.25, 0.3) is 0 Å². The van der Waals surface area contributed by atoms with Gasteiger partial charge in [-0.3, -0.25) is 9.36 Å². The molecule has 3 atom stereocenters. The van der Waals surface area contributed by atoms with E-state index in [0.717, 1.165) is 0 Å². The first kappa shape index (κ1) is 27.7. The van der Waals surface area contributed by atoms with Gasteiger partial charge < -0.3 is 19.1 Å². The lowest BCUT2D eigenvalue weighted by atomic mass is 10.1. The maximum absolute atomic E-state index is 13.7. The summed E-state index contributed by atoms with van der Waals surface area (Å²) in [5.41, 5.74) is 0.446. The van der Waals surface area contributed by atoms with Crippen molar-refractivity contribution in [1.82, 2.24) is 29.6 Å². The molecule has 3 aromatic rings. The molecule has 0 N–H and O–H groups in total. The summed E-state index contributed by atoms with van der Waals surface area (Å²) < 4.78 is 45.7. The van der Waals surface area contributed by atoms with E-state index in [-0.39, 0.29) is 29.9 Å². The van der Waals surface area contributed by atoms with Crippen molar-refractivity contribution in [2.24, 2.45) is 0 Å². The number of likely N-dealkylation sites (tertiary alicyclic amines) is 1. The summed E-state index contributed by atoms with van der Waals surface area (Å²) in [6.45, 7) is 1.94. The summed E-state index contributed by atoms with van der Waals surface area (Å²) in [5, 5.41) is 7.92. The van der Waals surface area contributed by atoms with Gasteiger partial charge in [-0.25, -0.2) is 18.4 Å². The first-order valence-corrected chi connectivity index (χ1v) is 13.8. The summed E-state index contributed by atoms with van der Waals surface area (Å²) in [4.78, 5) is 22.2. The quantitative estimate of drug-likeness (QED) is 0.360. The zero-order valence-electron chi connectivity index (χ0n) is 21.7. The number of carbonyl (C=O) groups is 1. The molecule has 0 spiro atoms. The second-order valence-corrected chi connectivity index (χ2v) is 11.7. The number of carbonyl (C=O) groups excluding carboxylic acids is 1. The van der Waals surface area contributed by atoms with Gasteiger partial charge in [-0.05, 0) is 19.1 Å². The molecule has 1 fully saturated rings. The van der Waals surface area contributed by atoms with Crippen LogP contribution in [0.2, 0.25) is 5.02 Å². The Kier molecular flexibility index (Phi) is 8.19. The molecule has 1 aromatic carbocycles. The molecule has 3 heterocycles. The van der Waals surface area contributed by atoms with Crippen LogP contribution in [0.4, 0.5) is 0 Å². The van der Waals surface area contributed by atoms with Crippen LogP contribution in [0.1, 0.15) is 42.8 Å². The van der Waals surface area contributed by atoms with Crippen molar-refractivity contribution in [3.8, 4) is 17.2 Å². The Morgan fingerprint density at radius 3 is 2.26 bits per heavy atom. The largest absolute Gasteiger partial charge is 0.494 e. The topological polar surface area (TPSA) is 139 Å². The number of sulfone groups is 1. The third-order valence-electron chi connectivity index (χ3n) is 6.56. The van der Waals surface area contributed by atoms with Crippen LogP contribution in [-0.4, -0.2) is 84.1 Å². The van der Waals surface area contributed by atoms with Crippen LogP contribution in [0.15, 0.2) is 30.6 Å². The van der Waals surface area contributed by atoms with E-state index in [1.165, 1.54) is 40.6 Å². The molecule has 2 aromatic heterocycles. The van der Waals surface area contributed by atoms with Gasteiger partial charge in [0, 0.05) is 45.4 Å². The molecule has 12 nitrogen and oxygen atoms in total. The van der Waals surface area contributed by atoms with Crippen molar-refractivity contribution < 1.29 is 27.4 Å². The van der Waals surface area contributed by atoms with Gasteiger partial charge in [-0.1, -0.05) is 17.7 Å². The number of hydrogen-bond donors (Lipinski definition) is 0. The molecule has 1 amide bonds. The Balaban J connectivity index is 1.80. The Morgan fingerprint density at radius 2 is 1.74 bits per heavy atom. The van der Waals surface area contributed by atoms with Crippen molar-refractivity contribution in [2.45, 2.75) is 36.4 Å². The van der Waals surface area contributed by atoms with Gasteiger partial charge in [-0.2, -0.15) is 0 Å². The van der Waals surface area contributed by atoms with Gasteiger partial charge in [0.2, 0.25) is 5.91 Å². The smallest absolute Gasteiger partial charge is 0.223 e. The Hall–Kier alpha value is -3.29. The number of likely N-dealkylation sites (N-methyl/N-ethyl adjacent to an activating group) is 1. The molecule has 0 radical (unpaired) electrons. The Labute approximate surface area is 225 Å². The summed E-state index contributed by atoms with van der Waals surface area (Å²) in [6, 6.07) is 5.21. The van der Waals surface area contributed by atoms with E-state index >= 15 is 0 Å². The van der Waals surface area contributed by atoms with Gasteiger partial charge >= 0.3 is 0 Å². The molecular weight excluding hydrogens is 536 g/mol. The normalized spacial score (nSPS) is 17.5. The lowest BCUT2D eigenvalue weighted by Crippen LogP contribution is -2.30. The molecule has 1 aliphatic rings. The highest BCUT2D eigenvalue weighted by atomic mass is 35.5. The predicted molar refractivity (Wildman–Crippen MR) is 138 cm³/mol. The minimum Gasteiger partial charge on any atom is -0.494 e. The fourth-order valence-corrected chi connectivity index (χ4v) is 6.01. The number of aromatic nitrogens is 5. The van der Waals surface area contributed by atoms with Gasteiger partial charge in [0.15, 0.2) is 21.5 Å². The molecular formula is C24H29ClN6O6S. The fraction of sp³-hybridized carbons (Fsp3) is 0.458. The van der Waals surface area contributed by atoms with Crippen molar-refractivity contribution in [2.75, 3.05) is 34.9 Å². The number of rotatable bonds is 10. The first-order chi connectivity index (χ1) is 18.1. The van der Waals surface area contributed by atoms with Crippen molar-refractivity contribution in [1.29, 1.82) is 0 Å². The number of methoxy groups -OCH3 is 3. The number of ether oxygens (including phenoxy) is 3. The molecule has 0 unspecified atom stereocenters. The van der Waals surface area contributed by atoms with Gasteiger partial charge in [-0.15, -0.1) is 10.2 Å². The fourth-order valence-electron chi connectivity index (χ4n) is 4.50. The minimum absolute atomic E-state index is 0.0368. The van der Waals surface area contributed by atoms with Crippen molar-refractivity contribution in [3.05, 3.63) is 53.1 Å². The van der Waals surface area contributed by atoms with Crippen LogP contribution in [0.3, 0.4) is 0 Å². The summed E-state index contributed by atoms with van der Waals surface area (Å²) in [7, 11) is 2.20. The third-order valence-corrected chi connectivity index (χ3v) is 8.79. The maximum Gasteiger partial charge on any atom is 0.223 e. The Morgan fingerprint density at radius 1 is 1.11 bits per heavy atom. The van der Waals surface area contributed by atoms with E-state index < -0.39 is 26.9 Å². The maximum atomic E-state index is 13.7. The molecule has 1 saturated heterocycles. The Bertz CT molecular complexity index is 1390. The predicted octanol–water partition coefficient (Wildman–Crippen LogP) is 2.36. The highest BCUT2D eigenvalue weighted by Gasteiger charge is 2.38. The van der Waals surface area contributed by atoms with Crippen LogP contribution in [0.5, 0.6) is 11.5 Å². The molecule has 0 saturated carbocycles. The van der Waals surface area contributed by atoms with E-state index in [2.05, 4.69) is 20.2 Å². The lowest BCUT2D eigenvalue weighted by molar-refractivity contribution is -0.126. The zero-order chi connectivity index (χ0) is 27.6. The molecule has 204 valence electrons. The first-order valence-electron chi connectivity index (χ1n) is 11.7. The van der Waals surface area contributed by atoms with E-state index in [1.54, 1.807) is 34.7 Å². The van der Waals surface area contributed by atoms with Gasteiger partial charge in [0.1, 0.15) is 34.9 Å². The standard InChI is InChI=1S/C24H29ClN6O6S/c1-14(22(37-5)23-26-10-16(25)11-27-23)38(33,34)13-19-28-29-24(15-9-20(32)30(2)12-15)31(19)21-17(35-3)7-6-8-18(21)36-4/h6-8,10-11,14-15,22H,9,12-13H2,1-5H3/t14-,15+,22-/m0/s1. The van der Waals surface area contributed by atoms with Gasteiger partial charge in [0.05, 0.1) is 24.5 Å². The van der Waals surface area contributed by atoms with E-state index in [1.807, 2.05) is 0 Å². The monoisotopic (exact) mass is 564 g/mol. The van der Waals surface area contributed by atoms with E-state index in [9.17, 15) is 13.2 Å². The SMILES string of the molecule is COc1cccc(OC)c1-n1c(CS(=O)(=O)[C@@H](C)[C@H](OC)c2ncc(Cl)cn2)nnc1[C@@H]1CC(=O)N(C)C1. The summed E-state index contributed by atoms with van der Waals surface area (Å²) >= 11 is 5.89. The zero-order valence-corrected chi connectivity index (χ0v) is 23.2. The van der Waals surface area contributed by atoms with Crippen LogP contribution >= 0.6 is 11.6 Å². The van der Waals surface area contributed by atoms with Crippen LogP contribution in [0.25, 0.3) is 5.69 Å². The van der Waals surface area contributed by atoms with Crippen LogP contribution in [0, 0.1) is 0 Å². The average molecular weight is 565 g/mol. The second-order valence-electron chi connectivity index (χ2n) is 8.92. The van der Waals surface area contributed by atoms with E-state index in [0.29, 0.717) is 34.6 Å². The molecule has 0 bridgehead atoms. The van der Waals surface area contributed by atoms with Crippen LogP contribution in [-0.2, 0) is 25.1 Å². The minimum atomic E-state index is -3.90. The molecule has 1 aliphatic heterocycles. The lowest BCUT2D eigenvalue weighted by Gasteiger charge is -2.22. The molecule has 0 aliphatic carbocycles. The third kappa shape index (κ3) is 5.31. The summed E-state index contributed by atoms with van der Waals surface area (Å²) in [6.07, 6.45) is 2.03. The second kappa shape index (κ2) is 11.2. The number of nitrogens with zero attached hydrogens (tertiary/aromatic N) is 6. The molecule has 14 heteroatoms. The number of para-hydroxylation sites is 1. The number of hydrogen-bond acceptors (Lipinski definition) is 10. The van der Waals surface area contributed by atoms with Crippen molar-refractivity contribution >= 4 is 27.3 Å². The highest BCUT2D eigenvalue weighted by Crippen LogP contribution is 2.38. The number of halogens is 1. The highest BCUT2D eigenvalue weighted by molar-refractivity contribution is 7.91. The van der Waals surface area contributed by atoms with Crippen molar-refractivity contribution in [3.63, 3.8) is 0 Å².